The first kappa shape index (κ1) is 10.7. The molecular weight excluding hydrogens is 232 g/mol. The molecule has 0 aliphatic rings. The third-order valence-corrected chi connectivity index (χ3v) is 2.80. The van der Waals surface area contributed by atoms with Gasteiger partial charge >= 0.3 is 5.63 Å². The van der Waals surface area contributed by atoms with Gasteiger partial charge in [0.05, 0.1) is 11.6 Å². The molecule has 2 aromatic heterocycles. The van der Waals surface area contributed by atoms with Crippen molar-refractivity contribution in [2.75, 3.05) is 0 Å². The smallest absolute Gasteiger partial charge is 0.351 e. The minimum absolute atomic E-state index is 0.0538. The van der Waals surface area contributed by atoms with Crippen molar-refractivity contribution in [2.45, 2.75) is 6.92 Å². The van der Waals surface area contributed by atoms with Gasteiger partial charge in [-0.15, -0.1) is 0 Å². The van der Waals surface area contributed by atoms with Crippen LogP contribution in [0.4, 0.5) is 0 Å². The van der Waals surface area contributed by atoms with Crippen LogP contribution in [0, 0.1) is 6.92 Å². The summed E-state index contributed by atoms with van der Waals surface area (Å²) in [7, 11) is 0. The predicted octanol–water partition coefficient (Wildman–Crippen LogP) is 3.07. The molecule has 0 bridgehead atoms. The monoisotopic (exact) mass is 242 g/mol. The fourth-order valence-electron chi connectivity index (χ4n) is 1.94. The van der Waals surface area contributed by atoms with E-state index >= 15 is 0 Å². The fraction of sp³-hybridized carbons (Fsp3) is 0.0714. The lowest BCUT2D eigenvalue weighted by Crippen LogP contribution is -2.03. The minimum Gasteiger partial charge on any atom is -0.506 e. The molecule has 3 rings (SSSR count). The van der Waals surface area contributed by atoms with E-state index in [-0.39, 0.29) is 11.3 Å². The van der Waals surface area contributed by atoms with Crippen LogP contribution in [0.15, 0.2) is 50.2 Å². The Balaban J connectivity index is 2.43. The second-order valence-corrected chi connectivity index (χ2v) is 4.09. The molecule has 3 aromatic rings. The maximum atomic E-state index is 11.9. The molecule has 0 radical (unpaired) electrons. The quantitative estimate of drug-likeness (QED) is 0.666. The number of hydrogen-bond donors (Lipinski definition) is 1. The Morgan fingerprint density at radius 1 is 1.22 bits per heavy atom. The summed E-state index contributed by atoms with van der Waals surface area (Å²) in [5.41, 5.74) is 0.771. The first-order valence-corrected chi connectivity index (χ1v) is 5.47. The van der Waals surface area contributed by atoms with Gasteiger partial charge in [-0.1, -0.05) is 11.6 Å². The van der Waals surface area contributed by atoms with Gasteiger partial charge < -0.3 is 13.9 Å². The number of aryl methyl sites for hydroxylation is 1. The van der Waals surface area contributed by atoms with Crippen LogP contribution in [-0.2, 0) is 0 Å². The Kier molecular flexibility index (Phi) is 2.23. The summed E-state index contributed by atoms with van der Waals surface area (Å²) in [6.07, 6.45) is 1.44. The highest BCUT2D eigenvalue weighted by Gasteiger charge is 2.17. The average molecular weight is 242 g/mol. The molecule has 0 fully saturated rings. The van der Waals surface area contributed by atoms with E-state index in [1.165, 1.54) is 6.26 Å². The van der Waals surface area contributed by atoms with Crippen molar-refractivity contribution >= 4 is 11.0 Å². The van der Waals surface area contributed by atoms with Crippen LogP contribution in [0.5, 0.6) is 5.75 Å². The van der Waals surface area contributed by atoms with Gasteiger partial charge in [0.2, 0.25) is 0 Å². The summed E-state index contributed by atoms with van der Waals surface area (Å²) >= 11 is 0. The molecule has 4 nitrogen and oxygen atoms in total. The Hall–Kier alpha value is -2.49. The molecule has 0 unspecified atom stereocenters. The SMILES string of the molecule is Cc1ccc2oc(=O)c(-c3ccco3)c(O)c2c1. The lowest BCUT2D eigenvalue weighted by Gasteiger charge is -2.04. The Bertz CT molecular complexity index is 766. The molecule has 0 saturated heterocycles. The molecule has 1 aromatic carbocycles. The summed E-state index contributed by atoms with van der Waals surface area (Å²) in [4.78, 5) is 11.9. The van der Waals surface area contributed by atoms with Crippen molar-refractivity contribution in [3.63, 3.8) is 0 Å². The highest BCUT2D eigenvalue weighted by molar-refractivity contribution is 5.89. The molecular formula is C14H10O4. The first-order valence-electron chi connectivity index (χ1n) is 5.47. The van der Waals surface area contributed by atoms with Crippen LogP contribution < -0.4 is 5.63 Å². The molecule has 4 heteroatoms. The van der Waals surface area contributed by atoms with E-state index in [1.54, 1.807) is 24.3 Å². The lowest BCUT2D eigenvalue weighted by molar-refractivity contribution is 0.465. The van der Waals surface area contributed by atoms with Crippen LogP contribution in [0.3, 0.4) is 0 Å². The number of fused-ring (bicyclic) bond motifs is 1. The fourth-order valence-corrected chi connectivity index (χ4v) is 1.94. The standard InChI is InChI=1S/C14H10O4/c1-8-4-5-10-9(7-8)13(15)12(14(16)18-10)11-3-2-6-17-11/h2-7,15H,1H3. The summed E-state index contributed by atoms with van der Waals surface area (Å²) in [6.45, 7) is 1.90. The Morgan fingerprint density at radius 2 is 2.06 bits per heavy atom. The average Bonchev–Trinajstić information content (AvgIpc) is 2.84. The number of hydrogen-bond acceptors (Lipinski definition) is 4. The van der Waals surface area contributed by atoms with Crippen LogP contribution in [0.1, 0.15) is 5.56 Å². The zero-order chi connectivity index (χ0) is 12.7. The van der Waals surface area contributed by atoms with Crippen molar-refractivity contribution in [2.24, 2.45) is 0 Å². The van der Waals surface area contributed by atoms with Crippen LogP contribution >= 0.6 is 0 Å². The zero-order valence-corrected chi connectivity index (χ0v) is 9.64. The van der Waals surface area contributed by atoms with Crippen molar-refractivity contribution in [3.8, 4) is 17.1 Å². The van der Waals surface area contributed by atoms with E-state index in [0.29, 0.717) is 16.7 Å². The number of rotatable bonds is 1. The van der Waals surface area contributed by atoms with Gasteiger partial charge in [-0.25, -0.2) is 4.79 Å². The maximum Gasteiger partial charge on any atom is 0.351 e. The Labute approximate surface area is 102 Å². The van der Waals surface area contributed by atoms with E-state index < -0.39 is 5.63 Å². The van der Waals surface area contributed by atoms with Gasteiger partial charge in [0.1, 0.15) is 22.7 Å². The van der Waals surface area contributed by atoms with Crippen LogP contribution in [0.2, 0.25) is 0 Å². The van der Waals surface area contributed by atoms with E-state index in [0.717, 1.165) is 5.56 Å². The van der Waals surface area contributed by atoms with Gasteiger partial charge in [0.25, 0.3) is 0 Å². The molecule has 0 aliphatic carbocycles. The molecule has 0 saturated carbocycles. The lowest BCUT2D eigenvalue weighted by atomic mass is 10.1. The molecule has 0 atom stereocenters. The van der Waals surface area contributed by atoms with Crippen molar-refractivity contribution in [3.05, 3.63) is 52.6 Å². The van der Waals surface area contributed by atoms with Crippen molar-refractivity contribution in [1.29, 1.82) is 0 Å². The van der Waals surface area contributed by atoms with Crippen LogP contribution in [-0.4, -0.2) is 5.11 Å². The molecule has 2 heterocycles. The number of aromatic hydroxyl groups is 1. The molecule has 0 spiro atoms. The summed E-state index contributed by atoms with van der Waals surface area (Å²) in [5, 5.41) is 10.7. The highest BCUT2D eigenvalue weighted by Crippen LogP contribution is 2.33. The second kappa shape index (κ2) is 3.77. The third-order valence-electron chi connectivity index (χ3n) is 2.80. The normalized spacial score (nSPS) is 10.9. The summed E-state index contributed by atoms with van der Waals surface area (Å²) in [6, 6.07) is 8.50. The molecule has 0 aliphatic heterocycles. The van der Waals surface area contributed by atoms with Gasteiger partial charge in [0, 0.05) is 0 Å². The molecule has 90 valence electrons. The maximum absolute atomic E-state index is 11.9. The molecule has 18 heavy (non-hydrogen) atoms. The first-order chi connectivity index (χ1) is 8.66. The summed E-state index contributed by atoms with van der Waals surface area (Å²) < 4.78 is 10.3. The van der Waals surface area contributed by atoms with Crippen molar-refractivity contribution < 1.29 is 13.9 Å². The third kappa shape index (κ3) is 1.50. The van der Waals surface area contributed by atoms with Crippen molar-refractivity contribution in [1.82, 2.24) is 0 Å². The minimum atomic E-state index is -0.612. The topological polar surface area (TPSA) is 63.6 Å². The van der Waals surface area contributed by atoms with Gasteiger partial charge in [0.15, 0.2) is 0 Å². The van der Waals surface area contributed by atoms with E-state index in [1.807, 2.05) is 13.0 Å². The number of benzene rings is 1. The van der Waals surface area contributed by atoms with Gasteiger partial charge in [-0.2, -0.15) is 0 Å². The summed E-state index contributed by atoms with van der Waals surface area (Å²) in [5.74, 6) is 0.185. The molecule has 0 amide bonds. The largest absolute Gasteiger partial charge is 0.506 e. The molecule has 1 N–H and O–H groups in total. The zero-order valence-electron chi connectivity index (χ0n) is 9.64. The van der Waals surface area contributed by atoms with Crippen LogP contribution in [0.25, 0.3) is 22.3 Å². The van der Waals surface area contributed by atoms with E-state index in [2.05, 4.69) is 0 Å². The highest BCUT2D eigenvalue weighted by atomic mass is 16.4. The predicted molar refractivity (Wildman–Crippen MR) is 66.6 cm³/mol. The van der Waals surface area contributed by atoms with E-state index in [4.69, 9.17) is 8.83 Å². The number of furan rings is 1. The van der Waals surface area contributed by atoms with E-state index in [9.17, 15) is 9.90 Å². The second-order valence-electron chi connectivity index (χ2n) is 4.09. The Morgan fingerprint density at radius 3 is 2.78 bits per heavy atom. The van der Waals surface area contributed by atoms with Gasteiger partial charge in [-0.3, -0.25) is 0 Å². The van der Waals surface area contributed by atoms with Gasteiger partial charge in [-0.05, 0) is 31.2 Å².